The van der Waals surface area contributed by atoms with Crippen molar-refractivity contribution in [3.63, 3.8) is 0 Å². The van der Waals surface area contributed by atoms with Gasteiger partial charge in [0.15, 0.2) is 18.4 Å². The van der Waals surface area contributed by atoms with Crippen molar-refractivity contribution in [3.05, 3.63) is 70.7 Å². The van der Waals surface area contributed by atoms with Crippen LogP contribution in [0.25, 0.3) is 4.91 Å². The van der Waals surface area contributed by atoms with E-state index in [1.54, 1.807) is 6.92 Å². The maximum atomic E-state index is 12.3. The third kappa shape index (κ3) is 3.42. The summed E-state index contributed by atoms with van der Waals surface area (Å²) >= 11 is 1.31. The van der Waals surface area contributed by atoms with Crippen LogP contribution in [0.1, 0.15) is 36.2 Å². The van der Waals surface area contributed by atoms with Gasteiger partial charge in [-0.25, -0.2) is 0 Å². The average Bonchev–Trinajstić information content (AvgIpc) is 3.05. The van der Waals surface area contributed by atoms with Gasteiger partial charge in [-0.15, -0.1) is 0 Å². The molecule has 7 heteroatoms. The van der Waals surface area contributed by atoms with Gasteiger partial charge in [0.2, 0.25) is 5.91 Å². The summed E-state index contributed by atoms with van der Waals surface area (Å²) in [5.74, 6) is -2.33. The molecule has 2 aliphatic heterocycles. The zero-order chi connectivity index (χ0) is 21.6. The number of benzene rings is 1. The number of aliphatic carboxylic acids is 1. The summed E-state index contributed by atoms with van der Waals surface area (Å²) in [5, 5.41) is 21.2. The Bertz CT molecular complexity index is 1050. The highest BCUT2D eigenvalue weighted by atomic mass is 32.2. The highest BCUT2D eigenvalue weighted by molar-refractivity contribution is 8.09. The van der Waals surface area contributed by atoms with E-state index in [2.05, 4.69) is 36.7 Å². The molecule has 156 valence electrons. The number of carboxylic acids is 1. The number of amides is 1. The van der Waals surface area contributed by atoms with Gasteiger partial charge in [0.1, 0.15) is 5.37 Å². The van der Waals surface area contributed by atoms with Crippen LogP contribution in [0.2, 0.25) is 0 Å². The smallest absolute Gasteiger partial charge is 0.236 e. The molecule has 30 heavy (non-hydrogen) atoms. The third-order valence-corrected chi connectivity index (χ3v) is 7.19. The number of carbonyl (C=O) groups is 2. The van der Waals surface area contributed by atoms with Crippen molar-refractivity contribution in [2.24, 2.45) is 5.92 Å². The molecule has 0 aliphatic carbocycles. The maximum absolute atomic E-state index is 12.3. The first kappa shape index (κ1) is 20.6. The Morgan fingerprint density at radius 2 is 1.90 bits per heavy atom. The van der Waals surface area contributed by atoms with Gasteiger partial charge in [-0.05, 0) is 25.0 Å². The molecule has 1 N–H and O–H groups in total. The Morgan fingerprint density at radius 1 is 1.23 bits per heavy atom. The normalized spacial score (nSPS) is 21.5. The summed E-state index contributed by atoms with van der Waals surface area (Å²) in [6, 6.07) is 12.0. The molecular weight excluding hydrogens is 400 g/mol. The van der Waals surface area contributed by atoms with Gasteiger partial charge < -0.3 is 15.0 Å². The first-order chi connectivity index (χ1) is 14.3. The number of hydrogen-bond donors (Lipinski definition) is 1. The van der Waals surface area contributed by atoms with Crippen molar-refractivity contribution >= 4 is 28.5 Å². The maximum Gasteiger partial charge on any atom is 0.236 e. The number of β-lactam (4-membered cyclic amide) rings is 1. The second kappa shape index (κ2) is 7.89. The third-order valence-electron chi connectivity index (χ3n) is 5.78. The topological polar surface area (TPSA) is 84.5 Å². The molecule has 3 atom stereocenters. The Labute approximate surface area is 179 Å². The molecule has 1 saturated heterocycles. The number of rotatable bonds is 6. The minimum atomic E-state index is -1.37. The Kier molecular flexibility index (Phi) is 5.42. The minimum absolute atomic E-state index is 0.0967. The lowest BCUT2D eigenvalue weighted by Crippen LogP contribution is -2.61. The molecule has 0 bridgehead atoms. The van der Waals surface area contributed by atoms with Crippen LogP contribution in [0.15, 0.2) is 48.3 Å². The number of hydrogen-bond acceptors (Lipinski definition) is 5. The molecule has 2 aromatic rings. The average molecular weight is 425 g/mol. The summed E-state index contributed by atoms with van der Waals surface area (Å²) in [4.78, 5) is 25.9. The van der Waals surface area contributed by atoms with Crippen LogP contribution in [0.3, 0.4) is 0 Å². The number of fused-ring (bicyclic) bond motifs is 1. The van der Waals surface area contributed by atoms with Crippen molar-refractivity contribution in [3.8, 4) is 0 Å². The fourth-order valence-electron chi connectivity index (χ4n) is 3.98. The molecule has 1 fully saturated rings. The van der Waals surface area contributed by atoms with Gasteiger partial charge in [-0.3, -0.25) is 9.69 Å². The van der Waals surface area contributed by atoms with Gasteiger partial charge in [-0.1, -0.05) is 43.0 Å². The number of nitrogens with zero attached hydrogens (tertiary/aromatic N) is 2. The standard InChI is InChI=1S/C23H24N2O4S/c1-4-15-6-5-13(2)24(11-15)12-16-7-9-17(10-8-16)20-19(23(28)29)25-21(27)18(14(3)26)22(25)30-20/h5-11,14,18,22,26H,4,12H2,1-3H3/t14-,18+,22-/m1/s1. The minimum Gasteiger partial charge on any atom is -0.543 e. The highest BCUT2D eigenvalue weighted by Gasteiger charge is 2.56. The number of pyridine rings is 1. The predicted molar refractivity (Wildman–Crippen MR) is 112 cm³/mol. The molecule has 2 aliphatic rings. The summed E-state index contributed by atoms with van der Waals surface area (Å²) in [7, 11) is 0. The molecule has 0 spiro atoms. The Morgan fingerprint density at radius 3 is 2.50 bits per heavy atom. The SMILES string of the molecule is CCc1ccc(C)[n+](Cc2ccc(C3=C(C(=O)[O-])N4C(=O)[C@H]([C@@H](C)O)[C@H]4S3)cc2)c1. The van der Waals surface area contributed by atoms with E-state index in [4.69, 9.17) is 0 Å². The number of carboxylic acid groups (broad SMARTS) is 1. The molecule has 0 saturated carbocycles. The summed E-state index contributed by atoms with van der Waals surface area (Å²) in [5.41, 5.74) is 4.17. The zero-order valence-electron chi connectivity index (χ0n) is 17.2. The second-order valence-electron chi connectivity index (χ2n) is 7.81. The number of thioether (sulfide) groups is 1. The molecule has 4 rings (SSSR count). The van der Waals surface area contributed by atoms with E-state index >= 15 is 0 Å². The lowest BCUT2D eigenvalue weighted by molar-refractivity contribution is -0.694. The van der Waals surface area contributed by atoms with E-state index in [0.717, 1.165) is 29.8 Å². The first-order valence-corrected chi connectivity index (χ1v) is 10.9. The van der Waals surface area contributed by atoms with Crippen molar-refractivity contribution in [2.75, 3.05) is 0 Å². The van der Waals surface area contributed by atoms with Gasteiger partial charge in [0, 0.05) is 29.0 Å². The first-order valence-electron chi connectivity index (χ1n) is 10.0. The van der Waals surface area contributed by atoms with Crippen molar-refractivity contribution in [1.29, 1.82) is 0 Å². The molecule has 6 nitrogen and oxygen atoms in total. The quantitative estimate of drug-likeness (QED) is 0.557. The Hall–Kier alpha value is -2.64. The van der Waals surface area contributed by atoms with Crippen LogP contribution in [0.5, 0.6) is 0 Å². The summed E-state index contributed by atoms with van der Waals surface area (Å²) < 4.78 is 2.20. The number of aliphatic hydroxyl groups excluding tert-OH is 1. The lowest BCUT2D eigenvalue weighted by Gasteiger charge is -2.44. The van der Waals surface area contributed by atoms with Gasteiger partial charge >= 0.3 is 0 Å². The Balaban J connectivity index is 1.60. The molecule has 1 amide bonds. The monoisotopic (exact) mass is 424 g/mol. The molecular formula is C23H24N2O4S. The van der Waals surface area contributed by atoms with E-state index < -0.39 is 23.4 Å². The van der Waals surface area contributed by atoms with E-state index in [1.165, 1.54) is 22.2 Å². The second-order valence-corrected chi connectivity index (χ2v) is 8.93. The highest BCUT2D eigenvalue weighted by Crippen LogP contribution is 2.53. The van der Waals surface area contributed by atoms with Crippen molar-refractivity contribution < 1.29 is 24.4 Å². The van der Waals surface area contributed by atoms with E-state index in [-0.39, 0.29) is 11.6 Å². The molecule has 1 aromatic heterocycles. The van der Waals surface area contributed by atoms with Crippen molar-refractivity contribution in [1.82, 2.24) is 4.90 Å². The zero-order valence-corrected chi connectivity index (χ0v) is 18.0. The fourth-order valence-corrected chi connectivity index (χ4v) is 5.59. The van der Waals surface area contributed by atoms with Crippen molar-refractivity contribution in [2.45, 2.75) is 45.2 Å². The van der Waals surface area contributed by atoms with E-state index in [0.29, 0.717) is 4.91 Å². The van der Waals surface area contributed by atoms with Crippen LogP contribution in [-0.2, 0) is 22.6 Å². The van der Waals surface area contributed by atoms with Crippen LogP contribution >= 0.6 is 11.8 Å². The fraction of sp³-hybridized carbons (Fsp3) is 0.348. The number of aromatic nitrogens is 1. The summed E-state index contributed by atoms with van der Waals surface area (Å²) in [6.45, 7) is 6.47. The van der Waals surface area contributed by atoms with Crippen LogP contribution < -0.4 is 9.67 Å². The number of aliphatic hydroxyl groups is 1. The van der Waals surface area contributed by atoms with Gasteiger partial charge in [0.05, 0.1) is 23.7 Å². The van der Waals surface area contributed by atoms with Crippen LogP contribution in [0.4, 0.5) is 0 Å². The molecule has 0 radical (unpaired) electrons. The molecule has 3 heterocycles. The number of aryl methyl sites for hydroxylation is 2. The van der Waals surface area contributed by atoms with Gasteiger partial charge in [0.25, 0.3) is 0 Å². The van der Waals surface area contributed by atoms with E-state index in [1.807, 2.05) is 24.3 Å². The predicted octanol–water partition coefficient (Wildman–Crippen LogP) is 1.22. The number of carbonyl (C=O) groups excluding carboxylic acids is 2. The largest absolute Gasteiger partial charge is 0.543 e. The molecule has 0 unspecified atom stereocenters. The van der Waals surface area contributed by atoms with Gasteiger partial charge in [-0.2, -0.15) is 4.57 Å². The summed E-state index contributed by atoms with van der Waals surface area (Å²) in [6.07, 6.45) is 2.30. The van der Waals surface area contributed by atoms with E-state index in [9.17, 15) is 19.8 Å². The van der Waals surface area contributed by atoms with Crippen LogP contribution in [0, 0.1) is 12.8 Å². The molecule has 1 aromatic carbocycles. The van der Waals surface area contributed by atoms with Crippen LogP contribution in [-0.4, -0.2) is 33.4 Å². The lowest BCUT2D eigenvalue weighted by atomic mass is 9.92.